The van der Waals surface area contributed by atoms with E-state index in [0.29, 0.717) is 6.07 Å². The van der Waals surface area contributed by atoms with Gasteiger partial charge in [-0.15, -0.1) is 0 Å². The standard InChI is InChI=1S/C12H15F3N2O/c1-17-5-3-2-4-8(17)7-18-12-10(14)6-9(13)11(15)16-12/h6,8H,2-5,7H2,1H3. The van der Waals surface area contributed by atoms with E-state index in [2.05, 4.69) is 9.88 Å². The second-order valence-electron chi connectivity index (χ2n) is 4.49. The highest BCUT2D eigenvalue weighted by atomic mass is 19.2. The van der Waals surface area contributed by atoms with Gasteiger partial charge in [0.2, 0.25) is 0 Å². The molecule has 3 nitrogen and oxygen atoms in total. The Labute approximate surface area is 104 Å². The van der Waals surface area contributed by atoms with Gasteiger partial charge in [-0.3, -0.25) is 0 Å². The van der Waals surface area contributed by atoms with Gasteiger partial charge in [-0.2, -0.15) is 9.37 Å². The topological polar surface area (TPSA) is 25.4 Å². The number of hydrogen-bond acceptors (Lipinski definition) is 3. The van der Waals surface area contributed by atoms with Crippen molar-refractivity contribution in [3.8, 4) is 5.88 Å². The summed E-state index contributed by atoms with van der Waals surface area (Å²) in [5.74, 6) is -4.11. The molecule has 0 N–H and O–H groups in total. The van der Waals surface area contributed by atoms with Crippen LogP contribution in [-0.2, 0) is 0 Å². The van der Waals surface area contributed by atoms with Crippen molar-refractivity contribution in [2.24, 2.45) is 0 Å². The molecule has 0 amide bonds. The Morgan fingerprint density at radius 3 is 2.83 bits per heavy atom. The van der Waals surface area contributed by atoms with Gasteiger partial charge in [0.05, 0.1) is 0 Å². The molecule has 1 aromatic heterocycles. The number of hydrogen-bond donors (Lipinski definition) is 0. The van der Waals surface area contributed by atoms with E-state index < -0.39 is 23.5 Å². The van der Waals surface area contributed by atoms with E-state index >= 15 is 0 Å². The zero-order valence-electron chi connectivity index (χ0n) is 10.1. The molecule has 1 aliphatic rings. The number of piperidine rings is 1. The third-order valence-electron chi connectivity index (χ3n) is 3.19. The average molecular weight is 260 g/mol. The van der Waals surface area contributed by atoms with Crippen LogP contribution in [0.5, 0.6) is 5.88 Å². The van der Waals surface area contributed by atoms with Crippen molar-refractivity contribution in [3.63, 3.8) is 0 Å². The first-order chi connectivity index (χ1) is 8.58. The summed E-state index contributed by atoms with van der Waals surface area (Å²) in [7, 11) is 1.96. The molecule has 0 spiro atoms. The van der Waals surface area contributed by atoms with Crippen molar-refractivity contribution in [3.05, 3.63) is 23.6 Å². The zero-order valence-corrected chi connectivity index (χ0v) is 10.1. The number of pyridine rings is 1. The SMILES string of the molecule is CN1CCCCC1COc1nc(F)c(F)cc1F. The van der Waals surface area contributed by atoms with Crippen LogP contribution in [0.3, 0.4) is 0 Å². The highest BCUT2D eigenvalue weighted by Gasteiger charge is 2.21. The molecule has 0 radical (unpaired) electrons. The Hall–Kier alpha value is -1.30. The summed E-state index contributed by atoms with van der Waals surface area (Å²) in [6, 6.07) is 0.607. The van der Waals surface area contributed by atoms with E-state index in [-0.39, 0.29) is 12.6 Å². The lowest BCUT2D eigenvalue weighted by molar-refractivity contribution is 0.119. The number of nitrogens with zero attached hydrogens (tertiary/aromatic N) is 2. The van der Waals surface area contributed by atoms with Crippen molar-refractivity contribution in [2.75, 3.05) is 20.2 Å². The molecule has 1 aromatic rings. The predicted octanol–water partition coefficient (Wildman–Crippen LogP) is 2.36. The minimum atomic E-state index is -1.34. The van der Waals surface area contributed by atoms with Gasteiger partial charge in [0, 0.05) is 12.1 Å². The number of likely N-dealkylation sites (tertiary alicyclic amines) is 1. The normalized spacial score (nSPS) is 21.0. The molecule has 1 unspecified atom stereocenters. The number of rotatable bonds is 3. The van der Waals surface area contributed by atoms with Crippen LogP contribution in [0.4, 0.5) is 13.2 Å². The maximum atomic E-state index is 13.3. The van der Waals surface area contributed by atoms with Crippen LogP contribution < -0.4 is 4.74 Å². The molecule has 1 atom stereocenters. The average Bonchev–Trinajstić information content (AvgIpc) is 2.34. The highest BCUT2D eigenvalue weighted by molar-refractivity contribution is 5.15. The minimum absolute atomic E-state index is 0.160. The molecule has 100 valence electrons. The highest BCUT2D eigenvalue weighted by Crippen LogP contribution is 2.19. The first kappa shape index (κ1) is 13.1. The summed E-state index contributed by atoms with van der Waals surface area (Å²) in [5.41, 5.74) is 0. The Bertz CT molecular complexity index is 428. The molecule has 2 heterocycles. The van der Waals surface area contributed by atoms with E-state index in [1.807, 2.05) is 7.05 Å². The number of ether oxygens (including phenoxy) is 1. The lowest BCUT2D eigenvalue weighted by Gasteiger charge is -2.31. The van der Waals surface area contributed by atoms with Gasteiger partial charge in [0.1, 0.15) is 6.61 Å². The predicted molar refractivity (Wildman–Crippen MR) is 59.9 cm³/mol. The number of halogens is 3. The molecule has 0 aromatic carbocycles. The summed E-state index contributed by atoms with van der Waals surface area (Å²) in [4.78, 5) is 5.24. The molecular formula is C12H15F3N2O. The molecule has 0 aliphatic carbocycles. The second-order valence-corrected chi connectivity index (χ2v) is 4.49. The molecule has 1 fully saturated rings. The molecule has 1 saturated heterocycles. The summed E-state index contributed by atoms with van der Waals surface area (Å²) < 4.78 is 44.0. The quantitative estimate of drug-likeness (QED) is 0.780. The molecule has 0 bridgehead atoms. The van der Waals surface area contributed by atoms with Crippen LogP contribution in [0.1, 0.15) is 19.3 Å². The minimum Gasteiger partial charge on any atom is -0.474 e. The van der Waals surface area contributed by atoms with Crippen LogP contribution in [0.15, 0.2) is 6.07 Å². The Morgan fingerprint density at radius 2 is 2.11 bits per heavy atom. The zero-order chi connectivity index (χ0) is 13.1. The maximum Gasteiger partial charge on any atom is 0.253 e. The largest absolute Gasteiger partial charge is 0.474 e. The molecule has 2 rings (SSSR count). The maximum absolute atomic E-state index is 13.3. The van der Waals surface area contributed by atoms with Gasteiger partial charge in [-0.05, 0) is 26.4 Å². The van der Waals surface area contributed by atoms with Crippen LogP contribution in [0.2, 0.25) is 0 Å². The van der Waals surface area contributed by atoms with Crippen molar-refractivity contribution in [1.82, 2.24) is 9.88 Å². The summed E-state index contributed by atoms with van der Waals surface area (Å²) in [5, 5.41) is 0. The molecule has 0 saturated carbocycles. The Balaban J connectivity index is 1.99. The fraction of sp³-hybridized carbons (Fsp3) is 0.583. The number of aromatic nitrogens is 1. The Kier molecular flexibility index (Phi) is 4.06. The van der Waals surface area contributed by atoms with Crippen LogP contribution >= 0.6 is 0 Å². The number of likely N-dealkylation sites (N-methyl/N-ethyl adjacent to an activating group) is 1. The van der Waals surface area contributed by atoms with Gasteiger partial charge in [0.15, 0.2) is 11.6 Å². The summed E-state index contributed by atoms with van der Waals surface area (Å²) in [6.07, 6.45) is 3.17. The van der Waals surface area contributed by atoms with Gasteiger partial charge < -0.3 is 9.64 Å². The van der Waals surface area contributed by atoms with Gasteiger partial charge >= 0.3 is 0 Å². The van der Waals surface area contributed by atoms with Crippen LogP contribution in [-0.4, -0.2) is 36.1 Å². The van der Waals surface area contributed by atoms with Crippen molar-refractivity contribution in [1.29, 1.82) is 0 Å². The van der Waals surface area contributed by atoms with Crippen molar-refractivity contribution >= 4 is 0 Å². The lowest BCUT2D eigenvalue weighted by atomic mass is 10.0. The first-order valence-electron chi connectivity index (χ1n) is 5.92. The third-order valence-corrected chi connectivity index (χ3v) is 3.19. The van der Waals surface area contributed by atoms with E-state index in [1.165, 1.54) is 0 Å². The monoisotopic (exact) mass is 260 g/mol. The first-order valence-corrected chi connectivity index (χ1v) is 5.92. The van der Waals surface area contributed by atoms with Gasteiger partial charge in [-0.1, -0.05) is 6.42 Å². The van der Waals surface area contributed by atoms with Gasteiger partial charge in [-0.25, -0.2) is 8.78 Å². The van der Waals surface area contributed by atoms with E-state index in [1.54, 1.807) is 0 Å². The lowest BCUT2D eigenvalue weighted by Crippen LogP contribution is -2.40. The van der Waals surface area contributed by atoms with E-state index in [9.17, 15) is 13.2 Å². The fourth-order valence-corrected chi connectivity index (χ4v) is 2.06. The smallest absolute Gasteiger partial charge is 0.253 e. The Morgan fingerprint density at radius 1 is 1.33 bits per heavy atom. The molecule has 18 heavy (non-hydrogen) atoms. The van der Waals surface area contributed by atoms with Gasteiger partial charge in [0.25, 0.3) is 11.8 Å². The van der Waals surface area contributed by atoms with E-state index in [0.717, 1.165) is 25.8 Å². The molecular weight excluding hydrogens is 245 g/mol. The molecule has 1 aliphatic heterocycles. The van der Waals surface area contributed by atoms with Crippen LogP contribution in [0, 0.1) is 17.6 Å². The second kappa shape index (κ2) is 5.56. The van der Waals surface area contributed by atoms with E-state index in [4.69, 9.17) is 4.74 Å². The molecule has 6 heteroatoms. The summed E-state index contributed by atoms with van der Waals surface area (Å²) in [6.45, 7) is 1.19. The third kappa shape index (κ3) is 2.93. The summed E-state index contributed by atoms with van der Waals surface area (Å²) >= 11 is 0. The van der Waals surface area contributed by atoms with Crippen LogP contribution in [0.25, 0.3) is 0 Å². The van der Waals surface area contributed by atoms with Crippen molar-refractivity contribution < 1.29 is 17.9 Å². The van der Waals surface area contributed by atoms with Crippen molar-refractivity contribution in [2.45, 2.75) is 25.3 Å². The fourth-order valence-electron chi connectivity index (χ4n) is 2.06.